The van der Waals surface area contributed by atoms with Crippen LogP contribution in [-0.2, 0) is 14.8 Å². The highest BCUT2D eigenvalue weighted by Gasteiger charge is 2.32. The zero-order chi connectivity index (χ0) is 17.0. The first-order valence-electron chi connectivity index (χ1n) is 6.82. The second kappa shape index (κ2) is 7.12. The van der Waals surface area contributed by atoms with Crippen LogP contribution in [0.5, 0.6) is 0 Å². The first-order valence-corrected chi connectivity index (χ1v) is 8.74. The van der Waals surface area contributed by atoms with Crippen molar-refractivity contribution in [3.63, 3.8) is 0 Å². The van der Waals surface area contributed by atoms with Crippen molar-refractivity contribution in [1.82, 2.24) is 4.72 Å². The van der Waals surface area contributed by atoms with Gasteiger partial charge in [-0.25, -0.2) is 8.42 Å². The van der Waals surface area contributed by atoms with Crippen molar-refractivity contribution in [1.29, 1.82) is 0 Å². The number of rotatable bonds is 6. The smallest absolute Gasteiger partial charge is 0.323 e. The van der Waals surface area contributed by atoms with Crippen LogP contribution in [0.15, 0.2) is 59.5 Å². The Morgan fingerprint density at radius 2 is 1.65 bits per heavy atom. The lowest BCUT2D eigenvalue weighted by atomic mass is 10.1. The van der Waals surface area contributed by atoms with Crippen LogP contribution < -0.4 is 4.72 Å². The topological polar surface area (TPSA) is 83.5 Å². The fraction of sp³-hybridized carbons (Fsp3) is 0.188. The van der Waals surface area contributed by atoms with E-state index in [1.165, 1.54) is 12.1 Å². The van der Waals surface area contributed by atoms with Gasteiger partial charge in [-0.05, 0) is 24.6 Å². The molecule has 7 heteroatoms. The molecule has 2 aromatic carbocycles. The van der Waals surface area contributed by atoms with Crippen molar-refractivity contribution < 1.29 is 18.3 Å². The molecule has 2 unspecified atom stereocenters. The minimum absolute atomic E-state index is 0.00808. The number of carboxylic acid groups (broad SMARTS) is 1. The van der Waals surface area contributed by atoms with E-state index in [1.54, 1.807) is 42.5 Å². The summed E-state index contributed by atoms with van der Waals surface area (Å²) in [5, 5.41) is 8.31. The van der Waals surface area contributed by atoms with Gasteiger partial charge in [-0.1, -0.05) is 48.0 Å². The fourth-order valence-electron chi connectivity index (χ4n) is 2.02. The molecule has 0 saturated carbocycles. The summed E-state index contributed by atoms with van der Waals surface area (Å²) in [6.45, 7) is 1.83. The number of sulfonamides is 1. The standard InChI is InChI=1S/C16H16ClNO4S/c1-11-7-9-13(10-8-11)23(21,22)18-15(16(19)20)14(17)12-5-3-2-4-6-12/h2-10,14-15,18H,1H3,(H,19,20). The molecular weight excluding hydrogens is 338 g/mol. The molecule has 0 heterocycles. The molecule has 0 amide bonds. The number of hydrogen-bond acceptors (Lipinski definition) is 3. The predicted molar refractivity (Wildman–Crippen MR) is 88.0 cm³/mol. The van der Waals surface area contributed by atoms with Crippen LogP contribution in [-0.4, -0.2) is 25.5 Å². The van der Waals surface area contributed by atoms with Crippen LogP contribution in [0.4, 0.5) is 0 Å². The Morgan fingerprint density at radius 1 is 1.09 bits per heavy atom. The summed E-state index contributed by atoms with van der Waals surface area (Å²) in [6, 6.07) is 13.1. The van der Waals surface area contributed by atoms with Crippen LogP contribution in [0.25, 0.3) is 0 Å². The van der Waals surface area contributed by atoms with E-state index in [4.69, 9.17) is 11.6 Å². The van der Waals surface area contributed by atoms with Gasteiger partial charge in [0.25, 0.3) is 0 Å². The number of nitrogens with one attached hydrogen (secondary N) is 1. The van der Waals surface area contributed by atoms with Gasteiger partial charge >= 0.3 is 5.97 Å². The molecule has 0 aliphatic heterocycles. The Kier molecular flexibility index (Phi) is 5.41. The van der Waals surface area contributed by atoms with Crippen molar-refractivity contribution in [2.75, 3.05) is 0 Å². The minimum Gasteiger partial charge on any atom is -0.480 e. The van der Waals surface area contributed by atoms with E-state index < -0.39 is 27.4 Å². The Balaban J connectivity index is 2.29. The van der Waals surface area contributed by atoms with Crippen LogP contribution in [0.3, 0.4) is 0 Å². The fourth-order valence-corrected chi connectivity index (χ4v) is 3.61. The van der Waals surface area contributed by atoms with Gasteiger partial charge < -0.3 is 5.11 Å². The molecule has 0 aromatic heterocycles. The van der Waals surface area contributed by atoms with Crippen molar-refractivity contribution in [3.8, 4) is 0 Å². The van der Waals surface area contributed by atoms with Crippen molar-refractivity contribution in [2.45, 2.75) is 23.2 Å². The van der Waals surface area contributed by atoms with E-state index >= 15 is 0 Å². The average molecular weight is 354 g/mol. The summed E-state index contributed by atoms with van der Waals surface area (Å²) in [7, 11) is -3.99. The number of halogens is 1. The van der Waals surface area contributed by atoms with Crippen LogP contribution in [0.2, 0.25) is 0 Å². The van der Waals surface area contributed by atoms with E-state index in [2.05, 4.69) is 4.72 Å². The second-order valence-corrected chi connectivity index (χ2v) is 7.25. The zero-order valence-corrected chi connectivity index (χ0v) is 13.9. The second-order valence-electron chi connectivity index (χ2n) is 5.06. The summed E-state index contributed by atoms with van der Waals surface area (Å²) >= 11 is 6.18. The Bertz CT molecular complexity index is 775. The number of alkyl halides is 1. The molecule has 2 rings (SSSR count). The first kappa shape index (κ1) is 17.5. The predicted octanol–water partition coefficient (Wildman–Crippen LogP) is 2.71. The maximum Gasteiger partial charge on any atom is 0.323 e. The molecule has 2 atom stereocenters. The van der Waals surface area contributed by atoms with Gasteiger partial charge in [0.05, 0.1) is 10.3 Å². The highest BCUT2D eigenvalue weighted by molar-refractivity contribution is 7.89. The van der Waals surface area contributed by atoms with Gasteiger partial charge in [-0.2, -0.15) is 4.72 Å². The molecule has 0 spiro atoms. The van der Waals surface area contributed by atoms with Gasteiger partial charge in [0.15, 0.2) is 0 Å². The highest BCUT2D eigenvalue weighted by atomic mass is 35.5. The molecule has 0 bridgehead atoms. The molecule has 0 radical (unpaired) electrons. The summed E-state index contributed by atoms with van der Waals surface area (Å²) < 4.78 is 26.9. The van der Waals surface area contributed by atoms with Crippen LogP contribution in [0, 0.1) is 6.92 Å². The Hall–Kier alpha value is -1.89. The first-order chi connectivity index (χ1) is 10.8. The summed E-state index contributed by atoms with van der Waals surface area (Å²) in [5.74, 6) is -1.34. The quantitative estimate of drug-likeness (QED) is 0.782. The third-order valence-corrected chi connectivity index (χ3v) is 5.25. The lowest BCUT2D eigenvalue weighted by molar-refractivity contribution is -0.139. The molecule has 0 aliphatic carbocycles. The number of hydrogen-bond donors (Lipinski definition) is 2. The molecular formula is C16H16ClNO4S. The van der Waals surface area contributed by atoms with Crippen molar-refractivity contribution in [3.05, 3.63) is 65.7 Å². The zero-order valence-electron chi connectivity index (χ0n) is 12.3. The molecule has 0 saturated heterocycles. The maximum atomic E-state index is 12.4. The normalized spacial score (nSPS) is 14.2. The van der Waals surface area contributed by atoms with Gasteiger partial charge in [-0.3, -0.25) is 4.79 Å². The molecule has 2 aromatic rings. The average Bonchev–Trinajstić information content (AvgIpc) is 2.53. The summed E-state index contributed by atoms with van der Waals surface area (Å²) in [4.78, 5) is 11.5. The number of aliphatic carboxylic acids is 1. The van der Waals surface area contributed by atoms with E-state index in [9.17, 15) is 18.3 Å². The van der Waals surface area contributed by atoms with Gasteiger partial charge in [0.2, 0.25) is 10.0 Å². The highest BCUT2D eigenvalue weighted by Crippen LogP contribution is 2.25. The van der Waals surface area contributed by atoms with E-state index in [0.29, 0.717) is 5.56 Å². The molecule has 2 N–H and O–H groups in total. The van der Waals surface area contributed by atoms with Crippen molar-refractivity contribution >= 4 is 27.6 Å². The molecule has 122 valence electrons. The number of benzene rings is 2. The van der Waals surface area contributed by atoms with Crippen molar-refractivity contribution in [2.24, 2.45) is 0 Å². The number of aryl methyl sites for hydroxylation is 1. The van der Waals surface area contributed by atoms with Crippen LogP contribution in [0.1, 0.15) is 16.5 Å². The number of carbonyl (C=O) groups is 1. The van der Waals surface area contributed by atoms with E-state index in [-0.39, 0.29) is 4.90 Å². The Morgan fingerprint density at radius 3 is 2.17 bits per heavy atom. The molecule has 0 aliphatic rings. The van der Waals surface area contributed by atoms with E-state index in [0.717, 1.165) is 5.56 Å². The molecule has 5 nitrogen and oxygen atoms in total. The van der Waals surface area contributed by atoms with Crippen LogP contribution >= 0.6 is 11.6 Å². The third kappa shape index (κ3) is 4.31. The minimum atomic E-state index is -3.99. The number of carboxylic acids is 1. The molecule has 23 heavy (non-hydrogen) atoms. The lowest BCUT2D eigenvalue weighted by Gasteiger charge is -2.20. The monoisotopic (exact) mass is 353 g/mol. The Labute approximate surface area is 140 Å². The van der Waals surface area contributed by atoms with Gasteiger partial charge in [0.1, 0.15) is 6.04 Å². The maximum absolute atomic E-state index is 12.4. The summed E-state index contributed by atoms with van der Waals surface area (Å²) in [5.41, 5.74) is 1.42. The third-order valence-electron chi connectivity index (χ3n) is 3.29. The van der Waals surface area contributed by atoms with E-state index in [1.807, 2.05) is 6.92 Å². The van der Waals surface area contributed by atoms with Gasteiger partial charge in [0, 0.05) is 0 Å². The largest absolute Gasteiger partial charge is 0.480 e. The van der Waals surface area contributed by atoms with Gasteiger partial charge in [-0.15, -0.1) is 11.6 Å². The SMILES string of the molecule is Cc1ccc(S(=O)(=O)NC(C(=O)O)C(Cl)c2ccccc2)cc1. The lowest BCUT2D eigenvalue weighted by Crippen LogP contribution is -2.43. The molecule has 0 fully saturated rings. The summed E-state index contributed by atoms with van der Waals surface area (Å²) in [6.07, 6.45) is 0.